The molecule has 2 N–H and O–H groups in total. The van der Waals surface area contributed by atoms with E-state index >= 15 is 0 Å². The van der Waals surface area contributed by atoms with Crippen molar-refractivity contribution in [2.75, 3.05) is 6.54 Å². The predicted octanol–water partition coefficient (Wildman–Crippen LogP) is 3.35. The van der Waals surface area contributed by atoms with Gasteiger partial charge in [-0.05, 0) is 74.6 Å². The summed E-state index contributed by atoms with van der Waals surface area (Å²) in [6.45, 7) is 3.46. The van der Waals surface area contributed by atoms with Crippen molar-refractivity contribution in [3.05, 3.63) is 29.8 Å². The zero-order chi connectivity index (χ0) is 13.2. The van der Waals surface area contributed by atoms with Gasteiger partial charge in [0.2, 0.25) is 0 Å². The minimum Gasteiger partial charge on any atom is -0.508 e. The van der Waals surface area contributed by atoms with Crippen LogP contribution in [0.25, 0.3) is 0 Å². The van der Waals surface area contributed by atoms with Gasteiger partial charge in [0.05, 0.1) is 0 Å². The van der Waals surface area contributed by atoms with Crippen LogP contribution in [0.2, 0.25) is 0 Å². The molecule has 2 aliphatic rings. The summed E-state index contributed by atoms with van der Waals surface area (Å²) in [5, 5.41) is 13.0. The Morgan fingerprint density at radius 1 is 1.21 bits per heavy atom. The molecule has 0 heterocycles. The van der Waals surface area contributed by atoms with Crippen molar-refractivity contribution in [2.45, 2.75) is 45.1 Å². The average molecular weight is 259 g/mol. The minimum absolute atomic E-state index is 0.353. The Labute approximate surface area is 116 Å². The summed E-state index contributed by atoms with van der Waals surface area (Å²) in [5.74, 6) is 3.34. The second-order valence-electron chi connectivity index (χ2n) is 6.61. The topological polar surface area (TPSA) is 32.3 Å². The third-order valence-corrected chi connectivity index (χ3v) is 5.09. The van der Waals surface area contributed by atoms with Crippen molar-refractivity contribution in [1.82, 2.24) is 5.32 Å². The highest BCUT2D eigenvalue weighted by molar-refractivity contribution is 5.26. The second-order valence-corrected chi connectivity index (χ2v) is 6.61. The van der Waals surface area contributed by atoms with Crippen LogP contribution < -0.4 is 5.32 Å². The molecule has 2 bridgehead atoms. The molecule has 19 heavy (non-hydrogen) atoms. The molecule has 0 saturated heterocycles. The summed E-state index contributed by atoms with van der Waals surface area (Å²) in [4.78, 5) is 0. The molecule has 2 aliphatic carbocycles. The zero-order valence-electron chi connectivity index (χ0n) is 11.8. The van der Waals surface area contributed by atoms with Crippen LogP contribution in [0.3, 0.4) is 0 Å². The maximum absolute atomic E-state index is 9.28. The molecule has 0 aromatic heterocycles. The molecular formula is C17H25NO. The van der Waals surface area contributed by atoms with E-state index < -0.39 is 0 Å². The van der Waals surface area contributed by atoms with Gasteiger partial charge in [0.1, 0.15) is 5.75 Å². The number of rotatable bonds is 5. The number of hydrogen-bond acceptors (Lipinski definition) is 2. The molecule has 2 nitrogen and oxygen atoms in total. The van der Waals surface area contributed by atoms with Crippen molar-refractivity contribution in [2.24, 2.45) is 17.8 Å². The third-order valence-electron chi connectivity index (χ3n) is 5.09. The van der Waals surface area contributed by atoms with Crippen molar-refractivity contribution in [1.29, 1.82) is 0 Å². The second kappa shape index (κ2) is 5.54. The molecule has 4 atom stereocenters. The average Bonchev–Trinajstić information content (AvgIpc) is 3.01. The number of aromatic hydroxyl groups is 1. The third kappa shape index (κ3) is 3.11. The normalized spacial score (nSPS) is 30.7. The first-order chi connectivity index (χ1) is 9.20. The molecule has 2 heteroatoms. The maximum atomic E-state index is 9.28. The van der Waals surface area contributed by atoms with Crippen LogP contribution in [-0.2, 0) is 6.42 Å². The van der Waals surface area contributed by atoms with E-state index in [-0.39, 0.29) is 0 Å². The molecule has 1 aromatic rings. The summed E-state index contributed by atoms with van der Waals surface area (Å²) < 4.78 is 0. The lowest BCUT2D eigenvalue weighted by atomic mass is 9.88. The largest absolute Gasteiger partial charge is 0.508 e. The minimum atomic E-state index is 0.353. The molecule has 0 radical (unpaired) electrons. The van der Waals surface area contributed by atoms with Crippen molar-refractivity contribution in [3.8, 4) is 5.75 Å². The molecule has 0 aliphatic heterocycles. The van der Waals surface area contributed by atoms with Gasteiger partial charge in [-0.15, -0.1) is 0 Å². The number of phenolic OH excluding ortho intramolecular Hbond substituents is 1. The lowest BCUT2D eigenvalue weighted by Gasteiger charge is -2.24. The van der Waals surface area contributed by atoms with E-state index in [4.69, 9.17) is 0 Å². The molecule has 0 amide bonds. The summed E-state index contributed by atoms with van der Waals surface area (Å²) in [6, 6.07) is 8.11. The van der Waals surface area contributed by atoms with Crippen LogP contribution in [0.15, 0.2) is 24.3 Å². The Morgan fingerprint density at radius 2 is 2.00 bits per heavy atom. The van der Waals surface area contributed by atoms with E-state index in [2.05, 4.69) is 12.2 Å². The highest BCUT2D eigenvalue weighted by atomic mass is 16.3. The Bertz CT molecular complexity index is 414. The van der Waals surface area contributed by atoms with Gasteiger partial charge < -0.3 is 10.4 Å². The van der Waals surface area contributed by atoms with Gasteiger partial charge in [0, 0.05) is 6.04 Å². The quantitative estimate of drug-likeness (QED) is 0.850. The fourth-order valence-corrected chi connectivity index (χ4v) is 4.04. The fourth-order valence-electron chi connectivity index (χ4n) is 4.04. The van der Waals surface area contributed by atoms with Crippen LogP contribution in [0.4, 0.5) is 0 Å². The Morgan fingerprint density at radius 3 is 2.63 bits per heavy atom. The standard InChI is InChI=1S/C17H25NO/c1-12(8-13-3-6-17(19)7-4-13)18-11-16-10-14-2-5-15(16)9-14/h3-4,6-7,12,14-16,18-19H,2,5,8-11H2,1H3. The Balaban J connectivity index is 1.44. The molecular weight excluding hydrogens is 234 g/mol. The predicted molar refractivity (Wildman–Crippen MR) is 78.2 cm³/mol. The summed E-state index contributed by atoms with van der Waals surface area (Å²) in [5.41, 5.74) is 1.30. The van der Waals surface area contributed by atoms with Crippen molar-refractivity contribution in [3.63, 3.8) is 0 Å². The number of nitrogens with one attached hydrogen (secondary N) is 1. The summed E-state index contributed by atoms with van der Waals surface area (Å²) in [6.07, 6.45) is 6.97. The van der Waals surface area contributed by atoms with E-state index in [1.54, 1.807) is 12.1 Å². The number of fused-ring (bicyclic) bond motifs is 2. The van der Waals surface area contributed by atoms with E-state index in [1.165, 1.54) is 37.8 Å². The van der Waals surface area contributed by atoms with E-state index in [0.29, 0.717) is 11.8 Å². The molecule has 3 rings (SSSR count). The van der Waals surface area contributed by atoms with Crippen molar-refractivity contribution < 1.29 is 5.11 Å². The molecule has 0 spiro atoms. The number of benzene rings is 1. The first-order valence-electron chi connectivity index (χ1n) is 7.72. The molecule has 2 fully saturated rings. The SMILES string of the molecule is CC(Cc1ccc(O)cc1)NCC1CC2CCC1C2. The van der Waals surface area contributed by atoms with E-state index in [9.17, 15) is 5.11 Å². The molecule has 2 saturated carbocycles. The maximum Gasteiger partial charge on any atom is 0.115 e. The van der Waals surface area contributed by atoms with Gasteiger partial charge in [0.15, 0.2) is 0 Å². The smallest absolute Gasteiger partial charge is 0.115 e. The van der Waals surface area contributed by atoms with Gasteiger partial charge in [-0.2, -0.15) is 0 Å². The van der Waals surface area contributed by atoms with Crippen LogP contribution in [0.1, 0.15) is 38.2 Å². The summed E-state index contributed by atoms with van der Waals surface area (Å²) in [7, 11) is 0. The highest BCUT2D eigenvalue weighted by Gasteiger charge is 2.38. The summed E-state index contributed by atoms with van der Waals surface area (Å²) >= 11 is 0. The van der Waals surface area contributed by atoms with Gasteiger partial charge in [-0.3, -0.25) is 0 Å². The van der Waals surface area contributed by atoms with Crippen LogP contribution >= 0.6 is 0 Å². The number of phenols is 1. The van der Waals surface area contributed by atoms with Gasteiger partial charge in [0.25, 0.3) is 0 Å². The molecule has 1 aromatic carbocycles. The molecule has 4 unspecified atom stereocenters. The lowest BCUT2D eigenvalue weighted by molar-refractivity contribution is 0.308. The first kappa shape index (κ1) is 13.0. The van der Waals surface area contributed by atoms with Crippen LogP contribution in [0.5, 0.6) is 5.75 Å². The fraction of sp³-hybridized carbons (Fsp3) is 0.647. The van der Waals surface area contributed by atoms with Crippen LogP contribution in [0, 0.1) is 17.8 Å². The van der Waals surface area contributed by atoms with E-state index in [0.717, 1.165) is 24.2 Å². The Hall–Kier alpha value is -1.02. The molecule has 104 valence electrons. The lowest BCUT2D eigenvalue weighted by Crippen LogP contribution is -2.34. The van der Waals surface area contributed by atoms with Crippen LogP contribution in [-0.4, -0.2) is 17.7 Å². The Kier molecular flexibility index (Phi) is 3.79. The van der Waals surface area contributed by atoms with Gasteiger partial charge in [-0.25, -0.2) is 0 Å². The number of hydrogen-bond donors (Lipinski definition) is 2. The monoisotopic (exact) mass is 259 g/mol. The first-order valence-corrected chi connectivity index (χ1v) is 7.72. The van der Waals surface area contributed by atoms with Crippen molar-refractivity contribution >= 4 is 0 Å². The zero-order valence-corrected chi connectivity index (χ0v) is 11.8. The highest BCUT2D eigenvalue weighted by Crippen LogP contribution is 2.47. The van der Waals surface area contributed by atoms with Gasteiger partial charge >= 0.3 is 0 Å². The van der Waals surface area contributed by atoms with E-state index in [1.807, 2.05) is 12.1 Å². The van der Waals surface area contributed by atoms with Gasteiger partial charge in [-0.1, -0.05) is 18.6 Å².